The Morgan fingerprint density at radius 2 is 1.93 bits per heavy atom. The van der Waals surface area contributed by atoms with Crippen LogP contribution in [0.5, 0.6) is 0 Å². The van der Waals surface area contributed by atoms with E-state index in [2.05, 4.69) is 0 Å². The van der Waals surface area contributed by atoms with Crippen LogP contribution in [0.3, 0.4) is 0 Å². The van der Waals surface area contributed by atoms with Crippen molar-refractivity contribution in [3.8, 4) is 0 Å². The largest absolute Gasteiger partial charge is 0.395 e. The molecular formula is C10H20O4S. The van der Waals surface area contributed by atoms with Crippen LogP contribution in [0.25, 0.3) is 0 Å². The Bertz CT molecular complexity index is 221. The molecule has 1 unspecified atom stereocenters. The number of aliphatic hydroxyl groups excluding tert-OH is 2. The monoisotopic (exact) mass is 236 g/mol. The predicted molar refractivity (Wildman–Crippen MR) is 60.9 cm³/mol. The van der Waals surface area contributed by atoms with Crippen molar-refractivity contribution >= 4 is 10.8 Å². The van der Waals surface area contributed by atoms with Crippen LogP contribution in [0.1, 0.15) is 13.8 Å². The van der Waals surface area contributed by atoms with Gasteiger partial charge < -0.3 is 14.9 Å². The summed E-state index contributed by atoms with van der Waals surface area (Å²) in [5.74, 6) is 0. The second kappa shape index (κ2) is 7.11. The summed E-state index contributed by atoms with van der Waals surface area (Å²) >= 11 is 0. The van der Waals surface area contributed by atoms with Gasteiger partial charge in [0, 0.05) is 17.1 Å². The lowest BCUT2D eigenvalue weighted by Gasteiger charge is -2.26. The molecule has 4 nitrogen and oxygen atoms in total. The van der Waals surface area contributed by atoms with E-state index in [1.807, 2.05) is 13.8 Å². The highest BCUT2D eigenvalue weighted by molar-refractivity contribution is 7.87. The van der Waals surface area contributed by atoms with Crippen molar-refractivity contribution in [1.82, 2.24) is 0 Å². The Balaban J connectivity index is 4.49. The molecule has 0 aliphatic carbocycles. The van der Waals surface area contributed by atoms with Gasteiger partial charge in [-0.2, -0.15) is 0 Å². The van der Waals surface area contributed by atoms with Crippen molar-refractivity contribution in [2.24, 2.45) is 5.41 Å². The first-order chi connectivity index (χ1) is 6.95. The van der Waals surface area contributed by atoms with Gasteiger partial charge in [0.05, 0.1) is 31.3 Å². The van der Waals surface area contributed by atoms with Crippen LogP contribution in [0.2, 0.25) is 0 Å². The minimum absolute atomic E-state index is 0.0306. The molecule has 0 saturated heterocycles. The van der Waals surface area contributed by atoms with Gasteiger partial charge in [-0.15, -0.1) is 0 Å². The summed E-state index contributed by atoms with van der Waals surface area (Å²) < 4.78 is 16.2. The summed E-state index contributed by atoms with van der Waals surface area (Å²) in [6.07, 6.45) is 3.12. The van der Waals surface area contributed by atoms with Crippen LogP contribution in [0, 0.1) is 5.41 Å². The van der Waals surface area contributed by atoms with Crippen LogP contribution in [-0.2, 0) is 15.5 Å². The van der Waals surface area contributed by atoms with E-state index in [0.717, 1.165) is 0 Å². The molecule has 1 atom stereocenters. The maximum Gasteiger partial charge on any atom is 0.0605 e. The van der Waals surface area contributed by atoms with E-state index in [4.69, 9.17) is 4.74 Å². The first-order valence-corrected chi connectivity index (χ1v) is 6.43. The fraction of sp³-hybridized carbons (Fsp3) is 0.800. The maximum atomic E-state index is 10.9. The van der Waals surface area contributed by atoms with Crippen molar-refractivity contribution in [3.63, 3.8) is 0 Å². The highest BCUT2D eigenvalue weighted by Gasteiger charge is 2.26. The van der Waals surface area contributed by atoms with Gasteiger partial charge in [0.15, 0.2) is 0 Å². The molecule has 0 aromatic carbocycles. The highest BCUT2D eigenvalue weighted by atomic mass is 32.2. The van der Waals surface area contributed by atoms with Crippen LogP contribution in [-0.4, -0.2) is 46.6 Å². The average molecular weight is 236 g/mol. The molecule has 90 valence electrons. The highest BCUT2D eigenvalue weighted by Crippen LogP contribution is 2.19. The third-order valence-corrected chi connectivity index (χ3v) is 2.47. The predicted octanol–water partition coefficient (Wildman–Crippen LogP) is 0.275. The SMILES string of the molecule is CC(C)OCC(/C=C/S(C)=O)(CO)CO. The third kappa shape index (κ3) is 6.04. The van der Waals surface area contributed by atoms with E-state index in [-0.39, 0.29) is 25.9 Å². The molecule has 0 aromatic heterocycles. The van der Waals surface area contributed by atoms with Gasteiger partial charge in [-0.25, -0.2) is 0 Å². The molecule has 0 spiro atoms. The van der Waals surface area contributed by atoms with Crippen LogP contribution < -0.4 is 0 Å². The zero-order valence-corrected chi connectivity index (χ0v) is 10.3. The zero-order chi connectivity index (χ0) is 11.9. The van der Waals surface area contributed by atoms with Crippen LogP contribution in [0.4, 0.5) is 0 Å². The normalized spacial score (nSPS) is 15.1. The van der Waals surface area contributed by atoms with Gasteiger partial charge >= 0.3 is 0 Å². The van der Waals surface area contributed by atoms with Crippen LogP contribution >= 0.6 is 0 Å². The Hall–Kier alpha value is -0.230. The Morgan fingerprint density at radius 3 is 2.27 bits per heavy atom. The van der Waals surface area contributed by atoms with Gasteiger partial charge in [-0.1, -0.05) is 6.08 Å². The number of rotatable bonds is 7. The average Bonchev–Trinajstić information content (AvgIpc) is 2.19. The van der Waals surface area contributed by atoms with E-state index in [0.29, 0.717) is 0 Å². The molecule has 0 heterocycles. The summed E-state index contributed by atoms with van der Waals surface area (Å²) in [6, 6.07) is 0. The lowest BCUT2D eigenvalue weighted by Crippen LogP contribution is -2.34. The van der Waals surface area contributed by atoms with Crippen molar-refractivity contribution in [1.29, 1.82) is 0 Å². The summed E-state index contributed by atoms with van der Waals surface area (Å²) in [4.78, 5) is 0. The summed E-state index contributed by atoms with van der Waals surface area (Å²) in [5.41, 5.74) is -0.837. The zero-order valence-electron chi connectivity index (χ0n) is 9.47. The van der Waals surface area contributed by atoms with E-state index in [1.165, 1.54) is 11.7 Å². The minimum Gasteiger partial charge on any atom is -0.395 e. The second-order valence-electron chi connectivity index (χ2n) is 3.84. The molecule has 0 aromatic rings. The van der Waals surface area contributed by atoms with E-state index in [9.17, 15) is 14.4 Å². The first kappa shape index (κ1) is 14.8. The van der Waals surface area contributed by atoms with E-state index < -0.39 is 16.2 Å². The fourth-order valence-electron chi connectivity index (χ4n) is 0.868. The third-order valence-electron chi connectivity index (χ3n) is 1.95. The number of hydrogen-bond donors (Lipinski definition) is 2. The first-order valence-electron chi connectivity index (χ1n) is 4.80. The fourth-order valence-corrected chi connectivity index (χ4v) is 1.35. The molecule has 2 N–H and O–H groups in total. The van der Waals surface area contributed by atoms with Crippen molar-refractivity contribution in [2.45, 2.75) is 20.0 Å². The van der Waals surface area contributed by atoms with E-state index >= 15 is 0 Å². The molecule has 0 fully saturated rings. The topological polar surface area (TPSA) is 66.8 Å². The molecule has 0 bridgehead atoms. The Morgan fingerprint density at radius 1 is 1.40 bits per heavy atom. The molecule has 0 rings (SSSR count). The number of ether oxygens (including phenoxy) is 1. The molecule has 15 heavy (non-hydrogen) atoms. The molecule has 0 radical (unpaired) electrons. The standard InChI is InChI=1S/C10H20O4S/c1-9(2)14-8-10(6-11,7-12)4-5-15(3)13/h4-5,9,11-12H,6-8H2,1-3H3/b5-4+. The van der Waals surface area contributed by atoms with Crippen molar-refractivity contribution in [3.05, 3.63) is 11.5 Å². The quantitative estimate of drug-likeness (QED) is 0.666. The molecule has 5 heteroatoms. The van der Waals surface area contributed by atoms with Gasteiger partial charge in [-0.3, -0.25) is 4.21 Å². The van der Waals surface area contributed by atoms with Gasteiger partial charge in [0.2, 0.25) is 0 Å². The lowest BCUT2D eigenvalue weighted by molar-refractivity contribution is -0.0216. The molecular weight excluding hydrogens is 216 g/mol. The van der Waals surface area contributed by atoms with Gasteiger partial charge in [0.25, 0.3) is 0 Å². The van der Waals surface area contributed by atoms with Crippen molar-refractivity contribution in [2.75, 3.05) is 26.1 Å². The molecule has 0 amide bonds. The number of hydrogen-bond acceptors (Lipinski definition) is 4. The van der Waals surface area contributed by atoms with Gasteiger partial charge in [-0.05, 0) is 19.3 Å². The summed E-state index contributed by atoms with van der Waals surface area (Å²) in [7, 11) is -1.09. The lowest BCUT2D eigenvalue weighted by atomic mass is 9.91. The van der Waals surface area contributed by atoms with Gasteiger partial charge in [0.1, 0.15) is 0 Å². The smallest absolute Gasteiger partial charge is 0.0605 e. The second-order valence-corrected chi connectivity index (χ2v) is 5.11. The summed E-state index contributed by atoms with van der Waals surface area (Å²) in [6.45, 7) is 3.50. The molecule has 0 aliphatic heterocycles. The summed E-state index contributed by atoms with van der Waals surface area (Å²) in [5, 5.41) is 19.9. The van der Waals surface area contributed by atoms with E-state index in [1.54, 1.807) is 6.08 Å². The minimum atomic E-state index is -1.09. The van der Waals surface area contributed by atoms with Crippen LogP contribution in [0.15, 0.2) is 11.5 Å². The Labute approximate surface area is 93.4 Å². The number of aliphatic hydroxyl groups is 2. The van der Waals surface area contributed by atoms with Crippen molar-refractivity contribution < 1.29 is 19.2 Å². The maximum absolute atomic E-state index is 10.9. The molecule has 0 saturated carbocycles. The molecule has 0 aliphatic rings. The Kier molecular flexibility index (Phi) is 7.00.